The number of halogens is 1. The van der Waals surface area contributed by atoms with Crippen LogP contribution >= 0.6 is 11.3 Å². The number of piperazine rings is 1. The van der Waals surface area contributed by atoms with Gasteiger partial charge in [-0.15, -0.1) is 11.3 Å². The van der Waals surface area contributed by atoms with Gasteiger partial charge in [0.25, 0.3) is 0 Å². The van der Waals surface area contributed by atoms with E-state index in [4.69, 9.17) is 0 Å². The van der Waals surface area contributed by atoms with Gasteiger partial charge >= 0.3 is 0 Å². The van der Waals surface area contributed by atoms with Crippen LogP contribution in [-0.2, 0) is 6.54 Å². The SMILES string of the molecule is Cc1nc(CN2CC(N3CCN(c4ccc(F)cc4)CC3)C2)cs1. The van der Waals surface area contributed by atoms with Gasteiger partial charge in [0.15, 0.2) is 0 Å². The number of likely N-dealkylation sites (tertiary alicyclic amines) is 1. The Morgan fingerprint density at radius 1 is 1.12 bits per heavy atom. The summed E-state index contributed by atoms with van der Waals surface area (Å²) in [5.41, 5.74) is 2.34. The third-order valence-electron chi connectivity index (χ3n) is 5.01. The average molecular weight is 346 g/mol. The van der Waals surface area contributed by atoms with Crippen molar-refractivity contribution in [3.05, 3.63) is 46.2 Å². The summed E-state index contributed by atoms with van der Waals surface area (Å²) in [6.07, 6.45) is 0. The van der Waals surface area contributed by atoms with Gasteiger partial charge in [-0.1, -0.05) is 0 Å². The summed E-state index contributed by atoms with van der Waals surface area (Å²) in [4.78, 5) is 12.0. The molecule has 0 N–H and O–H groups in total. The first-order chi connectivity index (χ1) is 11.7. The lowest BCUT2D eigenvalue weighted by Crippen LogP contribution is -2.62. The standard InChI is InChI=1S/C18H23FN4S/c1-14-20-16(13-24-14)10-21-11-18(12-21)23-8-6-22(7-9-23)17-4-2-15(19)3-5-17/h2-5,13,18H,6-12H2,1H3. The average Bonchev–Trinajstić information content (AvgIpc) is 2.97. The van der Waals surface area contributed by atoms with Crippen LogP contribution in [-0.4, -0.2) is 60.1 Å². The zero-order chi connectivity index (χ0) is 16.5. The van der Waals surface area contributed by atoms with Gasteiger partial charge in [-0.25, -0.2) is 9.37 Å². The Hall–Kier alpha value is -1.50. The van der Waals surface area contributed by atoms with Crippen molar-refractivity contribution in [1.29, 1.82) is 0 Å². The fraction of sp³-hybridized carbons (Fsp3) is 0.500. The summed E-state index contributed by atoms with van der Waals surface area (Å²) in [6.45, 7) is 9.56. The van der Waals surface area contributed by atoms with Crippen molar-refractivity contribution >= 4 is 17.0 Å². The van der Waals surface area contributed by atoms with E-state index in [1.54, 1.807) is 23.5 Å². The summed E-state index contributed by atoms with van der Waals surface area (Å²) in [5.74, 6) is -0.165. The molecule has 0 atom stereocenters. The Balaban J connectivity index is 1.23. The minimum atomic E-state index is -0.165. The van der Waals surface area contributed by atoms with E-state index in [0.717, 1.165) is 56.5 Å². The molecule has 0 saturated carbocycles. The Morgan fingerprint density at radius 2 is 1.83 bits per heavy atom. The van der Waals surface area contributed by atoms with E-state index in [9.17, 15) is 4.39 Å². The van der Waals surface area contributed by atoms with Gasteiger partial charge in [0.2, 0.25) is 0 Å². The van der Waals surface area contributed by atoms with E-state index < -0.39 is 0 Å². The molecule has 3 heterocycles. The Labute approximate surface area is 146 Å². The highest BCUT2D eigenvalue weighted by atomic mass is 32.1. The van der Waals surface area contributed by atoms with E-state index in [1.165, 1.54) is 5.69 Å². The molecule has 4 nitrogen and oxygen atoms in total. The molecule has 2 aliphatic heterocycles. The minimum Gasteiger partial charge on any atom is -0.369 e. The maximum absolute atomic E-state index is 13.0. The maximum Gasteiger partial charge on any atom is 0.123 e. The second kappa shape index (κ2) is 6.78. The van der Waals surface area contributed by atoms with Crippen LogP contribution < -0.4 is 4.90 Å². The van der Waals surface area contributed by atoms with Crippen LogP contribution in [0, 0.1) is 12.7 Å². The van der Waals surface area contributed by atoms with E-state index in [1.807, 2.05) is 12.1 Å². The van der Waals surface area contributed by atoms with Gasteiger partial charge in [-0.3, -0.25) is 9.80 Å². The monoisotopic (exact) mass is 346 g/mol. The zero-order valence-corrected chi connectivity index (χ0v) is 14.8. The molecular formula is C18H23FN4S. The third kappa shape index (κ3) is 3.45. The van der Waals surface area contributed by atoms with Crippen molar-refractivity contribution in [1.82, 2.24) is 14.8 Å². The second-order valence-corrected chi connectivity index (χ2v) is 7.77. The molecule has 0 radical (unpaired) electrons. The van der Waals surface area contributed by atoms with Gasteiger partial charge in [0, 0.05) is 62.9 Å². The third-order valence-corrected chi connectivity index (χ3v) is 5.83. The molecule has 1 aromatic carbocycles. The molecule has 0 bridgehead atoms. The van der Waals surface area contributed by atoms with Gasteiger partial charge in [0.05, 0.1) is 10.7 Å². The van der Waals surface area contributed by atoms with Crippen LogP contribution in [0.15, 0.2) is 29.6 Å². The molecule has 24 heavy (non-hydrogen) atoms. The Bertz CT molecular complexity index is 673. The van der Waals surface area contributed by atoms with Crippen molar-refractivity contribution in [2.45, 2.75) is 19.5 Å². The maximum atomic E-state index is 13.0. The first-order valence-electron chi connectivity index (χ1n) is 8.55. The molecule has 128 valence electrons. The van der Waals surface area contributed by atoms with E-state index in [2.05, 4.69) is 32.0 Å². The fourth-order valence-corrected chi connectivity index (χ4v) is 4.21. The summed E-state index contributed by atoms with van der Waals surface area (Å²) < 4.78 is 13.0. The molecule has 2 aromatic rings. The van der Waals surface area contributed by atoms with Crippen LogP contribution in [0.4, 0.5) is 10.1 Å². The lowest BCUT2D eigenvalue weighted by molar-refractivity contribution is 0.0250. The fourth-order valence-electron chi connectivity index (χ4n) is 3.61. The second-order valence-electron chi connectivity index (χ2n) is 6.71. The van der Waals surface area contributed by atoms with Gasteiger partial charge in [0.1, 0.15) is 5.82 Å². The predicted molar refractivity (Wildman–Crippen MR) is 96.1 cm³/mol. The topological polar surface area (TPSA) is 22.6 Å². The first-order valence-corrected chi connectivity index (χ1v) is 9.43. The van der Waals surface area contributed by atoms with Crippen molar-refractivity contribution in [3.8, 4) is 0 Å². The number of rotatable bonds is 4. The van der Waals surface area contributed by atoms with Gasteiger partial charge in [-0.05, 0) is 31.2 Å². The quantitative estimate of drug-likeness (QED) is 0.849. The number of hydrogen-bond acceptors (Lipinski definition) is 5. The first kappa shape index (κ1) is 16.0. The summed E-state index contributed by atoms with van der Waals surface area (Å²) >= 11 is 1.73. The van der Waals surface area contributed by atoms with E-state index >= 15 is 0 Å². The van der Waals surface area contributed by atoms with Crippen molar-refractivity contribution in [2.75, 3.05) is 44.2 Å². The number of thiazole rings is 1. The van der Waals surface area contributed by atoms with Crippen LogP contribution in [0.2, 0.25) is 0 Å². The summed E-state index contributed by atoms with van der Waals surface area (Å²) in [6, 6.07) is 7.54. The van der Waals surface area contributed by atoms with Gasteiger partial charge < -0.3 is 4.90 Å². The number of aromatic nitrogens is 1. The van der Waals surface area contributed by atoms with Gasteiger partial charge in [-0.2, -0.15) is 0 Å². The largest absolute Gasteiger partial charge is 0.369 e. The predicted octanol–water partition coefficient (Wildman–Crippen LogP) is 2.60. The van der Waals surface area contributed by atoms with Crippen LogP contribution in [0.25, 0.3) is 0 Å². The molecular weight excluding hydrogens is 323 g/mol. The number of nitrogens with zero attached hydrogens (tertiary/aromatic N) is 4. The van der Waals surface area contributed by atoms with E-state index in [0.29, 0.717) is 6.04 Å². The van der Waals surface area contributed by atoms with Crippen LogP contribution in [0.5, 0.6) is 0 Å². The number of hydrogen-bond donors (Lipinski definition) is 0. The molecule has 0 amide bonds. The van der Waals surface area contributed by atoms with E-state index in [-0.39, 0.29) is 5.82 Å². The van der Waals surface area contributed by atoms with Crippen LogP contribution in [0.3, 0.4) is 0 Å². The molecule has 2 saturated heterocycles. The molecule has 2 aliphatic rings. The molecule has 1 aromatic heterocycles. The van der Waals surface area contributed by atoms with Crippen molar-refractivity contribution < 1.29 is 4.39 Å². The number of benzene rings is 1. The number of anilines is 1. The van der Waals surface area contributed by atoms with Crippen molar-refractivity contribution in [2.24, 2.45) is 0 Å². The Morgan fingerprint density at radius 3 is 2.46 bits per heavy atom. The lowest BCUT2D eigenvalue weighted by atomic mass is 10.1. The molecule has 6 heteroatoms. The highest BCUT2D eigenvalue weighted by Crippen LogP contribution is 2.22. The lowest BCUT2D eigenvalue weighted by Gasteiger charge is -2.48. The summed E-state index contributed by atoms with van der Waals surface area (Å²) in [7, 11) is 0. The molecule has 0 spiro atoms. The normalized spacial score (nSPS) is 20.3. The highest BCUT2D eigenvalue weighted by Gasteiger charge is 2.33. The zero-order valence-electron chi connectivity index (χ0n) is 14.0. The Kier molecular flexibility index (Phi) is 4.52. The van der Waals surface area contributed by atoms with Crippen LogP contribution in [0.1, 0.15) is 10.7 Å². The smallest absolute Gasteiger partial charge is 0.123 e. The molecule has 0 aliphatic carbocycles. The minimum absolute atomic E-state index is 0.165. The summed E-state index contributed by atoms with van der Waals surface area (Å²) in [5, 5.41) is 3.32. The molecule has 4 rings (SSSR count). The molecule has 0 unspecified atom stereocenters. The number of aryl methyl sites for hydroxylation is 1. The highest BCUT2D eigenvalue weighted by molar-refractivity contribution is 7.09. The molecule has 2 fully saturated rings. The van der Waals surface area contributed by atoms with Crippen molar-refractivity contribution in [3.63, 3.8) is 0 Å².